The molecule has 0 fully saturated rings. The highest BCUT2D eigenvalue weighted by molar-refractivity contribution is 8.01. The van der Waals surface area contributed by atoms with Gasteiger partial charge in [-0.05, 0) is 29.7 Å². The molecule has 0 aliphatic rings. The van der Waals surface area contributed by atoms with Gasteiger partial charge in [-0.1, -0.05) is 11.8 Å². The first-order valence-electron chi connectivity index (χ1n) is 4.33. The van der Waals surface area contributed by atoms with E-state index in [9.17, 15) is 8.42 Å². The number of sulfonamides is 1. The van der Waals surface area contributed by atoms with Crippen molar-refractivity contribution in [1.82, 2.24) is 9.36 Å². The van der Waals surface area contributed by atoms with Crippen LogP contribution in [0.1, 0.15) is 0 Å². The molecule has 0 saturated heterocycles. The number of anilines is 1. The molecule has 0 unspecified atom stereocenters. The van der Waals surface area contributed by atoms with E-state index in [4.69, 9.17) is 10.9 Å². The summed E-state index contributed by atoms with van der Waals surface area (Å²) in [6.45, 7) is 0. The topological polar surface area (TPSA) is 112 Å². The Morgan fingerprint density at radius 1 is 1.35 bits per heavy atom. The van der Waals surface area contributed by atoms with Crippen LogP contribution in [0.2, 0.25) is 0 Å². The van der Waals surface area contributed by atoms with Gasteiger partial charge in [-0.25, -0.2) is 18.5 Å². The van der Waals surface area contributed by atoms with Gasteiger partial charge in [0.1, 0.15) is 11.2 Å². The summed E-state index contributed by atoms with van der Waals surface area (Å²) in [4.78, 5) is 4.71. The number of rotatable bonds is 3. The second kappa shape index (κ2) is 4.61. The standard InChI is InChI=1S/C8H8N4O2S3/c9-6-3-5(15-8-11-4-12-16-8)1-2-7(6)17(10,13)14/h1-4H,9H2,(H2,10,13,14). The summed E-state index contributed by atoms with van der Waals surface area (Å²) in [7, 11) is -3.77. The molecule has 2 rings (SSSR count). The molecular formula is C8H8N4O2S3. The summed E-state index contributed by atoms with van der Waals surface area (Å²) in [5, 5.41) is 5.01. The highest BCUT2D eigenvalue weighted by Crippen LogP contribution is 2.31. The number of hydrogen-bond acceptors (Lipinski definition) is 7. The zero-order chi connectivity index (χ0) is 12.5. The fraction of sp³-hybridized carbons (Fsp3) is 0. The minimum absolute atomic E-state index is 0.0703. The van der Waals surface area contributed by atoms with Crippen LogP contribution < -0.4 is 10.9 Å². The van der Waals surface area contributed by atoms with Crippen molar-refractivity contribution in [2.24, 2.45) is 5.14 Å². The van der Waals surface area contributed by atoms with E-state index in [1.807, 2.05) is 0 Å². The molecule has 0 radical (unpaired) electrons. The number of nitrogens with two attached hydrogens (primary N) is 2. The monoisotopic (exact) mass is 288 g/mol. The van der Waals surface area contributed by atoms with Gasteiger partial charge in [0, 0.05) is 4.90 Å². The SMILES string of the molecule is Nc1cc(Sc2ncns2)ccc1S(N)(=O)=O. The van der Waals surface area contributed by atoms with Crippen molar-refractivity contribution >= 4 is 39.0 Å². The van der Waals surface area contributed by atoms with Gasteiger partial charge >= 0.3 is 0 Å². The van der Waals surface area contributed by atoms with Crippen LogP contribution in [-0.4, -0.2) is 17.8 Å². The Hall–Kier alpha value is -1.16. The number of benzene rings is 1. The lowest BCUT2D eigenvalue weighted by atomic mass is 10.3. The van der Waals surface area contributed by atoms with E-state index in [2.05, 4.69) is 9.36 Å². The molecule has 1 aromatic carbocycles. The molecular weight excluding hydrogens is 280 g/mol. The van der Waals surface area contributed by atoms with Crippen molar-refractivity contribution < 1.29 is 8.42 Å². The molecule has 0 aliphatic carbocycles. The van der Waals surface area contributed by atoms with Crippen LogP contribution in [0, 0.1) is 0 Å². The zero-order valence-electron chi connectivity index (χ0n) is 8.40. The Kier molecular flexibility index (Phi) is 3.33. The van der Waals surface area contributed by atoms with Gasteiger partial charge in [0.2, 0.25) is 10.0 Å². The molecule has 6 nitrogen and oxygen atoms in total. The van der Waals surface area contributed by atoms with Crippen LogP contribution in [-0.2, 0) is 10.0 Å². The molecule has 0 amide bonds. The molecule has 2 aromatic rings. The minimum Gasteiger partial charge on any atom is -0.398 e. The molecule has 0 spiro atoms. The maximum absolute atomic E-state index is 11.2. The largest absolute Gasteiger partial charge is 0.398 e. The van der Waals surface area contributed by atoms with Gasteiger partial charge in [-0.3, -0.25) is 0 Å². The van der Waals surface area contributed by atoms with Crippen LogP contribution in [0.3, 0.4) is 0 Å². The van der Waals surface area contributed by atoms with Gasteiger partial charge in [-0.2, -0.15) is 4.37 Å². The normalized spacial score (nSPS) is 11.6. The Morgan fingerprint density at radius 2 is 2.12 bits per heavy atom. The van der Waals surface area contributed by atoms with E-state index in [1.54, 1.807) is 12.1 Å². The molecule has 1 heterocycles. The van der Waals surface area contributed by atoms with E-state index in [0.717, 1.165) is 9.24 Å². The number of hydrogen-bond donors (Lipinski definition) is 2. The minimum atomic E-state index is -3.77. The van der Waals surface area contributed by atoms with E-state index >= 15 is 0 Å². The third-order valence-electron chi connectivity index (χ3n) is 1.83. The summed E-state index contributed by atoms with van der Waals surface area (Å²) in [6.07, 6.45) is 1.45. The van der Waals surface area contributed by atoms with Crippen molar-refractivity contribution in [3.8, 4) is 0 Å². The first-order valence-corrected chi connectivity index (χ1v) is 7.47. The average molecular weight is 288 g/mol. The Bertz CT molecular complexity index is 624. The predicted octanol–water partition coefficient (Wildman–Crippen LogP) is 0.919. The lowest BCUT2D eigenvalue weighted by molar-refractivity contribution is 0.598. The molecule has 1 aromatic heterocycles. The molecule has 4 N–H and O–H groups in total. The van der Waals surface area contributed by atoms with Gasteiger partial charge in [0.15, 0.2) is 4.34 Å². The van der Waals surface area contributed by atoms with Crippen molar-refractivity contribution in [3.05, 3.63) is 24.5 Å². The summed E-state index contributed by atoms with van der Waals surface area (Å²) in [6, 6.07) is 4.56. The lowest BCUT2D eigenvalue weighted by Gasteiger charge is -2.04. The fourth-order valence-corrected chi connectivity index (χ4v) is 3.27. The van der Waals surface area contributed by atoms with Crippen molar-refractivity contribution in [2.45, 2.75) is 14.1 Å². The number of nitrogen functional groups attached to an aromatic ring is 1. The molecule has 90 valence electrons. The Morgan fingerprint density at radius 3 is 2.65 bits per heavy atom. The van der Waals surface area contributed by atoms with E-state index in [0.29, 0.717) is 0 Å². The van der Waals surface area contributed by atoms with E-state index in [-0.39, 0.29) is 10.6 Å². The maximum atomic E-state index is 11.2. The average Bonchev–Trinajstić information content (AvgIpc) is 2.68. The molecule has 0 bridgehead atoms. The zero-order valence-corrected chi connectivity index (χ0v) is 10.8. The second-order valence-electron chi connectivity index (χ2n) is 3.05. The van der Waals surface area contributed by atoms with Crippen LogP contribution in [0.4, 0.5) is 5.69 Å². The summed E-state index contributed by atoms with van der Waals surface area (Å²) < 4.78 is 26.9. The van der Waals surface area contributed by atoms with E-state index < -0.39 is 10.0 Å². The molecule has 0 aliphatic heterocycles. The smallest absolute Gasteiger partial charge is 0.240 e. The highest BCUT2D eigenvalue weighted by Gasteiger charge is 2.13. The van der Waals surface area contributed by atoms with Gasteiger partial charge < -0.3 is 5.73 Å². The summed E-state index contributed by atoms with van der Waals surface area (Å²) in [5.74, 6) is 0. The van der Waals surface area contributed by atoms with Crippen molar-refractivity contribution in [3.63, 3.8) is 0 Å². The van der Waals surface area contributed by atoms with Crippen LogP contribution in [0.5, 0.6) is 0 Å². The summed E-state index contributed by atoms with van der Waals surface area (Å²) >= 11 is 2.61. The highest BCUT2D eigenvalue weighted by atomic mass is 32.2. The predicted molar refractivity (Wildman–Crippen MR) is 66.3 cm³/mol. The number of primary sulfonamides is 1. The number of aromatic nitrogens is 2. The fourth-order valence-electron chi connectivity index (χ4n) is 1.16. The van der Waals surface area contributed by atoms with Crippen LogP contribution >= 0.6 is 23.3 Å². The van der Waals surface area contributed by atoms with Crippen molar-refractivity contribution in [2.75, 3.05) is 5.73 Å². The maximum Gasteiger partial charge on any atom is 0.240 e. The Labute approximate surface area is 106 Å². The van der Waals surface area contributed by atoms with Crippen LogP contribution in [0.15, 0.2) is 38.7 Å². The van der Waals surface area contributed by atoms with Crippen molar-refractivity contribution in [1.29, 1.82) is 0 Å². The quantitative estimate of drug-likeness (QED) is 0.812. The third-order valence-corrected chi connectivity index (χ3v) is 4.52. The second-order valence-corrected chi connectivity index (χ2v) is 6.68. The molecule has 17 heavy (non-hydrogen) atoms. The third kappa shape index (κ3) is 2.94. The molecule has 0 saturated carbocycles. The first-order chi connectivity index (χ1) is 7.97. The molecule has 0 atom stereocenters. The lowest BCUT2D eigenvalue weighted by Crippen LogP contribution is -2.14. The Balaban J connectivity index is 2.32. The van der Waals surface area contributed by atoms with Crippen LogP contribution in [0.25, 0.3) is 0 Å². The van der Waals surface area contributed by atoms with Gasteiger partial charge in [-0.15, -0.1) is 0 Å². The van der Waals surface area contributed by atoms with Gasteiger partial charge in [0.05, 0.1) is 5.69 Å². The number of nitrogens with zero attached hydrogens (tertiary/aromatic N) is 2. The van der Waals surface area contributed by atoms with E-state index in [1.165, 1.54) is 35.7 Å². The van der Waals surface area contributed by atoms with Gasteiger partial charge in [0.25, 0.3) is 0 Å². The molecule has 9 heteroatoms. The summed E-state index contributed by atoms with van der Waals surface area (Å²) in [5.41, 5.74) is 5.76. The first kappa shape index (κ1) is 12.3.